The van der Waals surface area contributed by atoms with Gasteiger partial charge >= 0.3 is 0 Å². The number of hydrogen-bond acceptors (Lipinski definition) is 3. The lowest BCUT2D eigenvalue weighted by molar-refractivity contribution is 0.607. The van der Waals surface area contributed by atoms with Crippen molar-refractivity contribution in [1.82, 2.24) is 15.6 Å². The summed E-state index contributed by atoms with van der Waals surface area (Å²) < 4.78 is 13.8. The van der Waals surface area contributed by atoms with Crippen molar-refractivity contribution in [2.45, 2.75) is 33.7 Å². The zero-order valence-electron chi connectivity index (χ0n) is 14.5. The van der Waals surface area contributed by atoms with Crippen LogP contribution in [0.2, 0.25) is 5.02 Å². The fourth-order valence-electron chi connectivity index (χ4n) is 2.29. The molecular formula is C17H23ClFIN4S. The Morgan fingerprint density at radius 2 is 2.08 bits per heavy atom. The summed E-state index contributed by atoms with van der Waals surface area (Å²) in [6.45, 7) is 7.88. The summed E-state index contributed by atoms with van der Waals surface area (Å²) in [4.78, 5) is 10.1. The van der Waals surface area contributed by atoms with Crippen LogP contribution in [0.3, 0.4) is 0 Å². The minimum Gasteiger partial charge on any atom is -0.357 e. The lowest BCUT2D eigenvalue weighted by atomic mass is 10.1. The first-order chi connectivity index (χ1) is 11.5. The molecule has 0 fully saturated rings. The summed E-state index contributed by atoms with van der Waals surface area (Å²) >= 11 is 7.71. The van der Waals surface area contributed by atoms with Crippen molar-refractivity contribution >= 4 is 52.9 Å². The molecule has 0 atom stereocenters. The SMILES string of the molecule is CCNC(=NCc1sc(C)nc1C)NCCc1c(F)cccc1Cl.I. The molecule has 0 aliphatic heterocycles. The molecule has 8 heteroatoms. The number of thiazole rings is 1. The summed E-state index contributed by atoms with van der Waals surface area (Å²) in [6.07, 6.45) is 0.495. The number of aliphatic imine (C=N–C) groups is 1. The van der Waals surface area contributed by atoms with Crippen molar-refractivity contribution in [1.29, 1.82) is 0 Å². The van der Waals surface area contributed by atoms with Crippen LogP contribution in [0.15, 0.2) is 23.2 Å². The fraction of sp³-hybridized carbons (Fsp3) is 0.412. The number of nitrogens with one attached hydrogen (secondary N) is 2. The molecule has 4 nitrogen and oxygen atoms in total. The molecule has 1 aromatic carbocycles. The van der Waals surface area contributed by atoms with Crippen molar-refractivity contribution in [3.63, 3.8) is 0 Å². The van der Waals surface area contributed by atoms with Gasteiger partial charge in [-0.25, -0.2) is 14.4 Å². The van der Waals surface area contributed by atoms with Crippen LogP contribution in [0.5, 0.6) is 0 Å². The third kappa shape index (κ3) is 6.71. The highest BCUT2D eigenvalue weighted by Crippen LogP contribution is 2.19. The van der Waals surface area contributed by atoms with Crippen LogP contribution in [-0.2, 0) is 13.0 Å². The van der Waals surface area contributed by atoms with Crippen molar-refractivity contribution in [3.05, 3.63) is 50.2 Å². The van der Waals surface area contributed by atoms with Gasteiger partial charge in [0.1, 0.15) is 5.82 Å². The minimum absolute atomic E-state index is 0. The van der Waals surface area contributed by atoms with Gasteiger partial charge in [0, 0.05) is 28.6 Å². The number of benzene rings is 1. The summed E-state index contributed by atoms with van der Waals surface area (Å²) in [5, 5.41) is 7.91. The number of nitrogens with zero attached hydrogens (tertiary/aromatic N) is 2. The Morgan fingerprint density at radius 3 is 2.68 bits per heavy atom. The van der Waals surface area contributed by atoms with E-state index in [2.05, 4.69) is 20.6 Å². The average Bonchev–Trinajstić information content (AvgIpc) is 2.85. The summed E-state index contributed by atoms with van der Waals surface area (Å²) in [5.74, 6) is 0.428. The van der Waals surface area contributed by atoms with Crippen molar-refractivity contribution in [2.75, 3.05) is 13.1 Å². The number of aryl methyl sites for hydroxylation is 2. The minimum atomic E-state index is -0.276. The second-order valence-corrected chi connectivity index (χ2v) is 7.01. The van der Waals surface area contributed by atoms with Gasteiger partial charge in [0.15, 0.2) is 5.96 Å². The first-order valence-electron chi connectivity index (χ1n) is 7.89. The van der Waals surface area contributed by atoms with Crippen LogP contribution >= 0.6 is 46.9 Å². The van der Waals surface area contributed by atoms with Gasteiger partial charge in [-0.1, -0.05) is 17.7 Å². The van der Waals surface area contributed by atoms with Gasteiger partial charge in [-0.15, -0.1) is 35.3 Å². The topological polar surface area (TPSA) is 49.3 Å². The second-order valence-electron chi connectivity index (χ2n) is 5.31. The maximum atomic E-state index is 13.8. The third-order valence-electron chi connectivity index (χ3n) is 3.45. The molecule has 0 aliphatic rings. The standard InChI is InChI=1S/C17H22ClFN4S.HI/c1-4-20-17(22-10-16-11(2)23-12(3)24-16)21-9-8-13-14(18)6-5-7-15(13)19;/h5-7H,4,8-10H2,1-3H3,(H2,20,21,22);1H. The van der Waals surface area contributed by atoms with Crippen molar-refractivity contribution < 1.29 is 4.39 Å². The average molecular weight is 497 g/mol. The molecule has 1 heterocycles. The highest BCUT2D eigenvalue weighted by molar-refractivity contribution is 14.0. The molecule has 1 aromatic heterocycles. The smallest absolute Gasteiger partial charge is 0.191 e. The van der Waals surface area contributed by atoms with Crippen LogP contribution in [0.1, 0.15) is 28.1 Å². The van der Waals surface area contributed by atoms with E-state index in [9.17, 15) is 4.39 Å². The first-order valence-corrected chi connectivity index (χ1v) is 9.08. The van der Waals surface area contributed by atoms with Crippen LogP contribution in [0, 0.1) is 19.7 Å². The van der Waals surface area contributed by atoms with Gasteiger partial charge in [-0.05, 0) is 39.3 Å². The fourth-order valence-corrected chi connectivity index (χ4v) is 3.41. The highest BCUT2D eigenvalue weighted by atomic mass is 127. The Kier molecular flexibility index (Phi) is 9.66. The van der Waals surface area contributed by atoms with E-state index in [1.807, 2.05) is 20.8 Å². The summed E-state index contributed by atoms with van der Waals surface area (Å²) in [7, 11) is 0. The Morgan fingerprint density at radius 1 is 1.32 bits per heavy atom. The maximum Gasteiger partial charge on any atom is 0.191 e. The normalized spacial score (nSPS) is 11.2. The van der Waals surface area contributed by atoms with E-state index in [1.54, 1.807) is 23.5 Å². The number of aromatic nitrogens is 1. The van der Waals surface area contributed by atoms with E-state index in [1.165, 1.54) is 6.07 Å². The Balaban J connectivity index is 0.00000312. The van der Waals surface area contributed by atoms with Crippen LogP contribution in [0.4, 0.5) is 4.39 Å². The van der Waals surface area contributed by atoms with E-state index >= 15 is 0 Å². The molecule has 2 rings (SSSR count). The van der Waals surface area contributed by atoms with Crippen LogP contribution in [0.25, 0.3) is 0 Å². The number of halogens is 3. The predicted octanol–water partition coefficient (Wildman–Crippen LogP) is 4.47. The molecule has 0 saturated carbocycles. The number of hydrogen-bond donors (Lipinski definition) is 2. The van der Waals surface area contributed by atoms with E-state index in [4.69, 9.17) is 11.6 Å². The van der Waals surface area contributed by atoms with Gasteiger partial charge < -0.3 is 10.6 Å². The molecule has 0 unspecified atom stereocenters. The van der Waals surface area contributed by atoms with Crippen molar-refractivity contribution in [2.24, 2.45) is 4.99 Å². The molecule has 2 N–H and O–H groups in total. The molecule has 0 radical (unpaired) electrons. The summed E-state index contributed by atoms with van der Waals surface area (Å²) in [6, 6.07) is 4.74. The van der Waals surface area contributed by atoms with Crippen molar-refractivity contribution in [3.8, 4) is 0 Å². The van der Waals surface area contributed by atoms with Crippen LogP contribution < -0.4 is 10.6 Å². The quantitative estimate of drug-likeness (QED) is 0.352. The monoisotopic (exact) mass is 496 g/mol. The van der Waals surface area contributed by atoms with Gasteiger partial charge in [0.2, 0.25) is 0 Å². The summed E-state index contributed by atoms with van der Waals surface area (Å²) in [5.41, 5.74) is 1.55. The third-order valence-corrected chi connectivity index (χ3v) is 4.87. The van der Waals surface area contributed by atoms with Gasteiger partial charge in [-0.2, -0.15) is 0 Å². The Labute approximate surface area is 174 Å². The molecule has 0 spiro atoms. The maximum absolute atomic E-state index is 13.8. The molecule has 0 saturated heterocycles. The van der Waals surface area contributed by atoms with E-state index in [0.717, 1.165) is 22.1 Å². The molecule has 0 amide bonds. The second kappa shape index (κ2) is 10.9. The predicted molar refractivity (Wildman–Crippen MR) is 115 cm³/mol. The van der Waals surface area contributed by atoms with Gasteiger partial charge in [0.25, 0.3) is 0 Å². The molecule has 138 valence electrons. The van der Waals surface area contributed by atoms with Crippen LogP contribution in [-0.4, -0.2) is 24.0 Å². The largest absolute Gasteiger partial charge is 0.357 e. The van der Waals surface area contributed by atoms with E-state index < -0.39 is 0 Å². The lowest BCUT2D eigenvalue weighted by Gasteiger charge is -2.12. The highest BCUT2D eigenvalue weighted by Gasteiger charge is 2.08. The first kappa shape index (κ1) is 22.1. The number of rotatable bonds is 6. The lowest BCUT2D eigenvalue weighted by Crippen LogP contribution is -2.38. The zero-order chi connectivity index (χ0) is 17.5. The number of guanidine groups is 1. The zero-order valence-corrected chi connectivity index (χ0v) is 18.4. The Bertz CT molecular complexity index is 700. The molecule has 25 heavy (non-hydrogen) atoms. The Hall–Kier alpha value is -0.930. The molecule has 0 bridgehead atoms. The van der Waals surface area contributed by atoms with E-state index in [0.29, 0.717) is 36.1 Å². The van der Waals surface area contributed by atoms with E-state index in [-0.39, 0.29) is 29.8 Å². The van der Waals surface area contributed by atoms with Gasteiger partial charge in [-0.3, -0.25) is 0 Å². The van der Waals surface area contributed by atoms with Gasteiger partial charge in [0.05, 0.1) is 17.2 Å². The molecular weight excluding hydrogens is 474 g/mol. The molecule has 2 aromatic rings. The molecule has 0 aliphatic carbocycles.